The molecule has 1 aliphatic heterocycles. The van der Waals surface area contributed by atoms with E-state index in [9.17, 15) is 4.79 Å². The maximum Gasteiger partial charge on any atom is 0.253 e. The Morgan fingerprint density at radius 2 is 2.29 bits per heavy atom. The lowest BCUT2D eigenvalue weighted by molar-refractivity contribution is 0.0737. The summed E-state index contributed by atoms with van der Waals surface area (Å²) < 4.78 is 0. The summed E-state index contributed by atoms with van der Waals surface area (Å²) in [6, 6.07) is 7.47. The van der Waals surface area contributed by atoms with Crippen LogP contribution in [0.1, 0.15) is 16.8 Å². The molecule has 1 fully saturated rings. The van der Waals surface area contributed by atoms with Crippen LogP contribution in [0, 0.1) is 0 Å². The number of carbonyl (C=O) groups is 1. The number of amides is 1. The molecule has 1 amide bonds. The number of anilines is 1. The third-order valence-corrected chi connectivity index (χ3v) is 3.37. The molecule has 1 aromatic carbocycles. The molecule has 0 spiro atoms. The van der Waals surface area contributed by atoms with Crippen LogP contribution < -0.4 is 5.73 Å². The van der Waals surface area contributed by atoms with Crippen molar-refractivity contribution in [2.24, 2.45) is 0 Å². The standard InChI is InChI=1S/C13H19N3O/c1-15-7-6-12(9-15)16(2)13(17)10-4-3-5-11(14)8-10/h3-5,8,12H,6-7,9,14H2,1-2H3. The molecule has 0 aromatic heterocycles. The Hall–Kier alpha value is -1.55. The number of rotatable bonds is 2. The molecular weight excluding hydrogens is 214 g/mol. The molecule has 1 atom stereocenters. The van der Waals surface area contributed by atoms with Gasteiger partial charge in [0.05, 0.1) is 0 Å². The molecule has 1 aliphatic rings. The Balaban J connectivity index is 2.09. The van der Waals surface area contributed by atoms with Crippen LogP contribution in [0.25, 0.3) is 0 Å². The lowest BCUT2D eigenvalue weighted by atomic mass is 10.1. The molecule has 4 nitrogen and oxygen atoms in total. The molecule has 0 radical (unpaired) electrons. The minimum absolute atomic E-state index is 0.0533. The molecule has 2 N–H and O–H groups in total. The predicted octanol–water partition coefficient (Wildman–Crippen LogP) is 1.04. The summed E-state index contributed by atoms with van der Waals surface area (Å²) in [5, 5.41) is 0. The zero-order valence-corrected chi connectivity index (χ0v) is 10.4. The van der Waals surface area contributed by atoms with Gasteiger partial charge in [-0.25, -0.2) is 0 Å². The third kappa shape index (κ3) is 2.58. The smallest absolute Gasteiger partial charge is 0.253 e. The number of carbonyl (C=O) groups excluding carboxylic acids is 1. The average Bonchev–Trinajstić information content (AvgIpc) is 2.74. The highest BCUT2D eigenvalue weighted by Crippen LogP contribution is 2.16. The molecule has 2 rings (SSSR count). The number of nitrogens with zero attached hydrogens (tertiary/aromatic N) is 2. The van der Waals surface area contributed by atoms with Crippen LogP contribution in [0.15, 0.2) is 24.3 Å². The number of hydrogen-bond donors (Lipinski definition) is 1. The fraction of sp³-hybridized carbons (Fsp3) is 0.462. The van der Waals surface area contributed by atoms with E-state index in [-0.39, 0.29) is 5.91 Å². The van der Waals surface area contributed by atoms with Crippen molar-refractivity contribution < 1.29 is 4.79 Å². The number of likely N-dealkylation sites (N-methyl/N-ethyl adjacent to an activating group) is 2. The van der Waals surface area contributed by atoms with E-state index >= 15 is 0 Å². The van der Waals surface area contributed by atoms with Gasteiger partial charge in [-0.2, -0.15) is 0 Å². The lowest BCUT2D eigenvalue weighted by Crippen LogP contribution is -2.38. The van der Waals surface area contributed by atoms with Gasteiger partial charge in [0.15, 0.2) is 0 Å². The van der Waals surface area contributed by atoms with Gasteiger partial charge in [-0.15, -0.1) is 0 Å². The molecule has 1 heterocycles. The number of nitrogen functional groups attached to an aromatic ring is 1. The molecule has 92 valence electrons. The molecule has 4 heteroatoms. The lowest BCUT2D eigenvalue weighted by Gasteiger charge is -2.24. The van der Waals surface area contributed by atoms with Gasteiger partial charge in [-0.05, 0) is 38.2 Å². The third-order valence-electron chi connectivity index (χ3n) is 3.37. The van der Waals surface area contributed by atoms with Crippen LogP contribution in [0.4, 0.5) is 5.69 Å². The Bertz CT molecular complexity index is 419. The first-order valence-electron chi connectivity index (χ1n) is 5.89. The van der Waals surface area contributed by atoms with E-state index in [0.29, 0.717) is 17.3 Å². The first kappa shape index (κ1) is 11.9. The highest BCUT2D eigenvalue weighted by atomic mass is 16.2. The Morgan fingerprint density at radius 1 is 1.53 bits per heavy atom. The average molecular weight is 233 g/mol. The zero-order chi connectivity index (χ0) is 12.4. The van der Waals surface area contributed by atoms with E-state index in [1.165, 1.54) is 0 Å². The number of likely N-dealkylation sites (tertiary alicyclic amines) is 1. The van der Waals surface area contributed by atoms with Gasteiger partial charge in [-0.1, -0.05) is 6.07 Å². The van der Waals surface area contributed by atoms with Gasteiger partial charge in [0, 0.05) is 30.9 Å². The molecule has 0 bridgehead atoms. The van der Waals surface area contributed by atoms with Crippen molar-refractivity contribution in [2.75, 3.05) is 32.9 Å². The van der Waals surface area contributed by atoms with Crippen molar-refractivity contribution >= 4 is 11.6 Å². The summed E-state index contributed by atoms with van der Waals surface area (Å²) in [5.41, 5.74) is 6.99. The number of hydrogen-bond acceptors (Lipinski definition) is 3. The van der Waals surface area contributed by atoms with E-state index in [4.69, 9.17) is 5.73 Å². The molecule has 1 unspecified atom stereocenters. The minimum atomic E-state index is 0.0533. The first-order chi connectivity index (χ1) is 8.08. The molecule has 17 heavy (non-hydrogen) atoms. The number of nitrogens with two attached hydrogens (primary N) is 1. The van der Waals surface area contributed by atoms with Gasteiger partial charge in [0.2, 0.25) is 0 Å². The molecule has 1 saturated heterocycles. The SMILES string of the molecule is CN1CCC(N(C)C(=O)c2cccc(N)c2)C1. The van der Waals surface area contributed by atoms with Gasteiger partial charge in [0.1, 0.15) is 0 Å². The van der Waals surface area contributed by atoms with Crippen molar-refractivity contribution in [3.05, 3.63) is 29.8 Å². The molecule has 0 aliphatic carbocycles. The van der Waals surface area contributed by atoms with E-state index in [1.54, 1.807) is 12.1 Å². The van der Waals surface area contributed by atoms with Crippen molar-refractivity contribution in [3.8, 4) is 0 Å². The largest absolute Gasteiger partial charge is 0.399 e. The first-order valence-corrected chi connectivity index (χ1v) is 5.89. The summed E-state index contributed by atoms with van der Waals surface area (Å²) >= 11 is 0. The van der Waals surface area contributed by atoms with Crippen LogP contribution in [-0.2, 0) is 0 Å². The monoisotopic (exact) mass is 233 g/mol. The van der Waals surface area contributed by atoms with Crippen molar-refractivity contribution in [3.63, 3.8) is 0 Å². The van der Waals surface area contributed by atoms with E-state index < -0.39 is 0 Å². The quantitative estimate of drug-likeness (QED) is 0.777. The van der Waals surface area contributed by atoms with Gasteiger partial charge in [-0.3, -0.25) is 4.79 Å². The van der Waals surface area contributed by atoms with Crippen LogP contribution >= 0.6 is 0 Å². The second kappa shape index (κ2) is 4.75. The normalized spacial score (nSPS) is 20.5. The van der Waals surface area contributed by atoms with Crippen LogP contribution in [0.3, 0.4) is 0 Å². The summed E-state index contributed by atoms with van der Waals surface area (Å²) in [5.74, 6) is 0.0533. The predicted molar refractivity (Wildman–Crippen MR) is 68.8 cm³/mol. The molecule has 0 saturated carbocycles. The summed E-state index contributed by atoms with van der Waals surface area (Å²) in [6.45, 7) is 2.00. The summed E-state index contributed by atoms with van der Waals surface area (Å²) in [4.78, 5) is 16.3. The van der Waals surface area contributed by atoms with E-state index in [1.807, 2.05) is 24.1 Å². The number of benzene rings is 1. The van der Waals surface area contributed by atoms with Gasteiger partial charge >= 0.3 is 0 Å². The van der Waals surface area contributed by atoms with E-state index in [0.717, 1.165) is 19.5 Å². The van der Waals surface area contributed by atoms with Crippen LogP contribution in [0.2, 0.25) is 0 Å². The van der Waals surface area contributed by atoms with Crippen LogP contribution in [0.5, 0.6) is 0 Å². The Kier molecular flexibility index (Phi) is 3.33. The molecule has 1 aromatic rings. The molecular formula is C13H19N3O. The second-order valence-corrected chi connectivity index (χ2v) is 4.75. The van der Waals surface area contributed by atoms with Crippen molar-refractivity contribution in [1.29, 1.82) is 0 Å². The second-order valence-electron chi connectivity index (χ2n) is 4.75. The maximum atomic E-state index is 12.2. The minimum Gasteiger partial charge on any atom is -0.399 e. The fourth-order valence-electron chi connectivity index (χ4n) is 2.27. The Labute approximate surface area is 102 Å². The van der Waals surface area contributed by atoms with Crippen molar-refractivity contribution in [1.82, 2.24) is 9.80 Å². The van der Waals surface area contributed by atoms with Gasteiger partial charge < -0.3 is 15.5 Å². The summed E-state index contributed by atoms with van der Waals surface area (Å²) in [7, 11) is 3.95. The fourth-order valence-corrected chi connectivity index (χ4v) is 2.27. The topological polar surface area (TPSA) is 49.6 Å². The highest BCUT2D eigenvalue weighted by Gasteiger charge is 2.26. The Morgan fingerprint density at radius 3 is 2.88 bits per heavy atom. The highest BCUT2D eigenvalue weighted by molar-refractivity contribution is 5.95. The zero-order valence-electron chi connectivity index (χ0n) is 10.4. The van der Waals surface area contributed by atoms with Crippen LogP contribution in [-0.4, -0.2) is 48.9 Å². The van der Waals surface area contributed by atoms with E-state index in [2.05, 4.69) is 11.9 Å². The van der Waals surface area contributed by atoms with Crippen molar-refractivity contribution in [2.45, 2.75) is 12.5 Å². The summed E-state index contributed by atoms with van der Waals surface area (Å²) in [6.07, 6.45) is 1.04. The van der Waals surface area contributed by atoms with Gasteiger partial charge in [0.25, 0.3) is 5.91 Å². The maximum absolute atomic E-state index is 12.2.